The molecule has 3 aromatic rings. The molecule has 0 spiro atoms. The molecule has 214 valence electrons. The number of nitrogens with one attached hydrogen (secondary N) is 1. The van der Waals surface area contributed by atoms with Gasteiger partial charge in [-0.05, 0) is 57.2 Å². The van der Waals surface area contributed by atoms with Gasteiger partial charge in [0.15, 0.2) is 0 Å². The second-order valence-corrected chi connectivity index (χ2v) is 10.1. The molecule has 1 aromatic heterocycles. The summed E-state index contributed by atoms with van der Waals surface area (Å²) in [4.78, 5) is 53.2. The number of esters is 1. The van der Waals surface area contributed by atoms with Crippen LogP contribution in [0.4, 0.5) is 23.1 Å². The van der Waals surface area contributed by atoms with Gasteiger partial charge in [-0.25, -0.2) is 4.98 Å². The number of imide groups is 1. The van der Waals surface area contributed by atoms with Crippen molar-refractivity contribution < 1.29 is 23.9 Å². The monoisotopic (exact) mass is 558 g/mol. The van der Waals surface area contributed by atoms with Gasteiger partial charge in [0.2, 0.25) is 5.95 Å². The fourth-order valence-electron chi connectivity index (χ4n) is 4.93. The van der Waals surface area contributed by atoms with E-state index in [2.05, 4.69) is 15.2 Å². The lowest BCUT2D eigenvalue weighted by atomic mass is 10.1. The maximum atomic E-state index is 13.1. The van der Waals surface area contributed by atoms with E-state index in [1.54, 1.807) is 42.3 Å². The molecule has 0 saturated carbocycles. The summed E-state index contributed by atoms with van der Waals surface area (Å²) in [6.45, 7) is 8.90. The molecule has 2 aromatic carbocycles. The molecule has 11 nitrogen and oxygen atoms in total. The van der Waals surface area contributed by atoms with Crippen molar-refractivity contribution >= 4 is 40.9 Å². The van der Waals surface area contributed by atoms with Crippen molar-refractivity contribution in [2.24, 2.45) is 0 Å². The summed E-state index contributed by atoms with van der Waals surface area (Å²) in [5, 5.41) is 3.24. The van der Waals surface area contributed by atoms with Gasteiger partial charge in [0.05, 0.1) is 37.5 Å². The lowest BCUT2D eigenvalue weighted by Gasteiger charge is -2.30. The smallest absolute Gasteiger partial charge is 0.325 e. The first-order valence-corrected chi connectivity index (χ1v) is 13.8. The third kappa shape index (κ3) is 6.14. The molecule has 2 aliphatic heterocycles. The molecule has 2 amide bonds. The second-order valence-electron chi connectivity index (χ2n) is 10.1. The Morgan fingerprint density at radius 1 is 1.05 bits per heavy atom. The Kier molecular flexibility index (Phi) is 8.44. The highest BCUT2D eigenvalue weighted by Gasteiger charge is 2.36. The number of aromatic nitrogens is 2. The van der Waals surface area contributed by atoms with E-state index in [-0.39, 0.29) is 37.6 Å². The minimum atomic E-state index is -0.403. The number of nitrogens with zero attached hydrogens (tertiary/aromatic N) is 5. The molecular formula is C30H34N6O5. The van der Waals surface area contributed by atoms with E-state index in [1.165, 1.54) is 4.90 Å². The van der Waals surface area contributed by atoms with Crippen LogP contribution in [0.3, 0.4) is 0 Å². The fourth-order valence-corrected chi connectivity index (χ4v) is 4.93. The average Bonchev–Trinajstić information content (AvgIpc) is 3.22. The number of morpholine rings is 1. The average molecular weight is 559 g/mol. The second kappa shape index (κ2) is 12.3. The molecule has 0 aliphatic carbocycles. The number of carbonyl (C=O) groups excluding carboxylic acids is 3. The zero-order valence-corrected chi connectivity index (χ0v) is 23.5. The number of fused-ring (bicyclic) bond motifs is 1. The first kappa shape index (κ1) is 28.0. The Morgan fingerprint density at radius 2 is 1.71 bits per heavy atom. The minimum absolute atomic E-state index is 0.0394. The molecule has 5 rings (SSSR count). The first-order chi connectivity index (χ1) is 19.9. The quantitative estimate of drug-likeness (QED) is 0.292. The van der Waals surface area contributed by atoms with Gasteiger partial charge in [0.25, 0.3) is 11.8 Å². The summed E-state index contributed by atoms with van der Waals surface area (Å²) < 4.78 is 10.7. The Bertz CT molecular complexity index is 1390. The predicted octanol–water partition coefficient (Wildman–Crippen LogP) is 3.63. The van der Waals surface area contributed by atoms with E-state index >= 15 is 0 Å². The van der Waals surface area contributed by atoms with Crippen LogP contribution >= 0.6 is 0 Å². The highest BCUT2D eigenvalue weighted by atomic mass is 16.5. The molecule has 1 fully saturated rings. The SMILES string of the molecule is CCOC(=O)CN(c1nc(Nc2ccc(N3CCOCC3)cc2)ncc1CN1C(=O)c2ccccc2C1=O)C(C)C. The minimum Gasteiger partial charge on any atom is -0.465 e. The van der Waals surface area contributed by atoms with Gasteiger partial charge in [-0.15, -0.1) is 0 Å². The Labute approximate surface area is 239 Å². The molecule has 1 N–H and O–H groups in total. The molecule has 11 heteroatoms. The number of benzene rings is 2. The van der Waals surface area contributed by atoms with Crippen molar-refractivity contribution in [1.29, 1.82) is 0 Å². The van der Waals surface area contributed by atoms with Gasteiger partial charge in [-0.2, -0.15) is 4.98 Å². The lowest BCUT2D eigenvalue weighted by Crippen LogP contribution is -2.39. The molecule has 1 saturated heterocycles. The van der Waals surface area contributed by atoms with Crippen molar-refractivity contribution in [2.75, 3.05) is 54.6 Å². The Balaban J connectivity index is 1.43. The molecular weight excluding hydrogens is 524 g/mol. The molecule has 0 unspecified atom stereocenters. The Hall–Kier alpha value is -4.51. The number of hydrogen-bond acceptors (Lipinski definition) is 10. The largest absolute Gasteiger partial charge is 0.465 e. The predicted molar refractivity (Wildman–Crippen MR) is 155 cm³/mol. The number of amides is 2. The number of ether oxygens (including phenoxy) is 2. The van der Waals surface area contributed by atoms with Crippen LogP contribution < -0.4 is 15.1 Å². The van der Waals surface area contributed by atoms with Crippen LogP contribution in [-0.4, -0.2) is 78.1 Å². The first-order valence-electron chi connectivity index (χ1n) is 13.8. The van der Waals surface area contributed by atoms with Crippen molar-refractivity contribution in [2.45, 2.75) is 33.4 Å². The van der Waals surface area contributed by atoms with Gasteiger partial charge in [-0.3, -0.25) is 19.3 Å². The van der Waals surface area contributed by atoms with E-state index in [9.17, 15) is 14.4 Å². The summed E-state index contributed by atoms with van der Waals surface area (Å²) in [5.41, 5.74) is 3.17. The van der Waals surface area contributed by atoms with E-state index in [0.717, 1.165) is 24.5 Å². The zero-order valence-electron chi connectivity index (χ0n) is 23.5. The van der Waals surface area contributed by atoms with Crippen LogP contribution in [0.1, 0.15) is 47.1 Å². The number of hydrogen-bond donors (Lipinski definition) is 1. The third-order valence-corrected chi connectivity index (χ3v) is 7.05. The number of carbonyl (C=O) groups is 3. The van der Waals surface area contributed by atoms with Gasteiger partial charge >= 0.3 is 5.97 Å². The molecule has 0 bridgehead atoms. The van der Waals surface area contributed by atoms with Crippen molar-refractivity contribution in [1.82, 2.24) is 14.9 Å². The summed E-state index contributed by atoms with van der Waals surface area (Å²) >= 11 is 0. The maximum absolute atomic E-state index is 13.1. The standard InChI is InChI=1S/C30H34N6O5/c1-4-41-26(37)19-35(20(2)3)27-21(18-36-28(38)24-7-5-6-8-25(24)29(36)39)17-31-30(33-27)32-22-9-11-23(12-10-22)34-13-15-40-16-14-34/h5-12,17,20H,4,13-16,18-19H2,1-3H3,(H,31,32,33). The summed E-state index contributed by atoms with van der Waals surface area (Å²) in [5.74, 6) is -0.396. The molecule has 0 radical (unpaired) electrons. The number of anilines is 4. The third-order valence-electron chi connectivity index (χ3n) is 7.05. The van der Waals surface area contributed by atoms with Gasteiger partial charge < -0.3 is 24.6 Å². The van der Waals surface area contributed by atoms with Crippen molar-refractivity contribution in [3.05, 3.63) is 71.4 Å². The molecule has 41 heavy (non-hydrogen) atoms. The van der Waals surface area contributed by atoms with Crippen molar-refractivity contribution in [3.8, 4) is 0 Å². The van der Waals surface area contributed by atoms with E-state index in [1.807, 2.05) is 38.1 Å². The van der Waals surface area contributed by atoms with Crippen LogP contribution in [0.2, 0.25) is 0 Å². The summed E-state index contributed by atoms with van der Waals surface area (Å²) in [7, 11) is 0. The normalized spacial score (nSPS) is 14.8. The van der Waals surface area contributed by atoms with E-state index < -0.39 is 5.97 Å². The summed E-state index contributed by atoms with van der Waals surface area (Å²) in [6, 6.07) is 14.6. The van der Waals surface area contributed by atoms with Crippen LogP contribution in [0.15, 0.2) is 54.7 Å². The highest BCUT2D eigenvalue weighted by Crippen LogP contribution is 2.29. The fraction of sp³-hybridized carbons (Fsp3) is 0.367. The van der Waals surface area contributed by atoms with Crippen LogP contribution in [0, 0.1) is 0 Å². The zero-order chi connectivity index (χ0) is 28.9. The van der Waals surface area contributed by atoms with Crippen LogP contribution in [0.25, 0.3) is 0 Å². The van der Waals surface area contributed by atoms with Gasteiger partial charge in [0.1, 0.15) is 12.4 Å². The van der Waals surface area contributed by atoms with E-state index in [0.29, 0.717) is 41.7 Å². The summed E-state index contributed by atoms with van der Waals surface area (Å²) in [6.07, 6.45) is 1.59. The molecule has 0 atom stereocenters. The maximum Gasteiger partial charge on any atom is 0.325 e. The van der Waals surface area contributed by atoms with Crippen LogP contribution in [-0.2, 0) is 20.8 Å². The van der Waals surface area contributed by atoms with Crippen molar-refractivity contribution in [3.63, 3.8) is 0 Å². The molecule has 2 aliphatic rings. The highest BCUT2D eigenvalue weighted by molar-refractivity contribution is 6.21. The Morgan fingerprint density at radius 3 is 2.32 bits per heavy atom. The lowest BCUT2D eigenvalue weighted by molar-refractivity contribution is -0.141. The molecule has 3 heterocycles. The van der Waals surface area contributed by atoms with Crippen LogP contribution in [0.5, 0.6) is 0 Å². The van der Waals surface area contributed by atoms with E-state index in [4.69, 9.17) is 14.5 Å². The van der Waals surface area contributed by atoms with Gasteiger partial charge in [0, 0.05) is 42.3 Å². The number of rotatable bonds is 10. The van der Waals surface area contributed by atoms with Gasteiger partial charge in [-0.1, -0.05) is 12.1 Å². The topological polar surface area (TPSA) is 117 Å².